The molecule has 1 saturated heterocycles. The van der Waals surface area contributed by atoms with E-state index in [-0.39, 0.29) is 5.91 Å². The third kappa shape index (κ3) is 4.63. The Morgan fingerprint density at radius 3 is 2.93 bits per heavy atom. The van der Waals surface area contributed by atoms with E-state index in [1.165, 1.54) is 11.8 Å². The van der Waals surface area contributed by atoms with Gasteiger partial charge in [-0.15, -0.1) is 0 Å². The minimum absolute atomic E-state index is 0.239. The zero-order valence-corrected chi connectivity index (χ0v) is 17.3. The normalized spacial score (nSPS) is 17.4. The Kier molecular flexibility index (Phi) is 6.30. The number of rotatable bonds is 7. The molecule has 152 valence electrons. The monoisotopic (exact) mass is 418 g/mol. The van der Waals surface area contributed by atoms with Crippen LogP contribution in [0.25, 0.3) is 11.3 Å². The van der Waals surface area contributed by atoms with Gasteiger partial charge in [-0.25, -0.2) is 9.97 Å². The van der Waals surface area contributed by atoms with Crippen LogP contribution in [0.4, 0.5) is 5.95 Å². The van der Waals surface area contributed by atoms with Gasteiger partial charge in [0, 0.05) is 37.7 Å². The van der Waals surface area contributed by atoms with Crippen molar-refractivity contribution in [3.63, 3.8) is 0 Å². The molecule has 1 aromatic heterocycles. The molecule has 2 aliphatic heterocycles. The van der Waals surface area contributed by atoms with Crippen LogP contribution in [0.15, 0.2) is 53.0 Å². The molecule has 30 heavy (non-hydrogen) atoms. The lowest BCUT2D eigenvalue weighted by molar-refractivity contribution is -0.127. The summed E-state index contributed by atoms with van der Waals surface area (Å²) in [5.41, 5.74) is 3.09. The van der Waals surface area contributed by atoms with E-state index in [0.29, 0.717) is 30.2 Å². The average molecular weight is 419 g/mol. The second-order valence-electron chi connectivity index (χ2n) is 6.99. The number of thioether (sulfide) groups is 1. The summed E-state index contributed by atoms with van der Waals surface area (Å²) in [6.07, 6.45) is 4.10. The number of aromatic nitrogens is 2. The topological polar surface area (TPSA) is 93.9 Å². The van der Waals surface area contributed by atoms with Crippen molar-refractivity contribution in [3.05, 3.63) is 64.3 Å². The molecule has 1 aromatic carbocycles. The summed E-state index contributed by atoms with van der Waals surface area (Å²) in [7, 11) is 0. The van der Waals surface area contributed by atoms with Crippen LogP contribution in [-0.2, 0) is 4.79 Å². The minimum atomic E-state index is 0.239. The molecule has 1 amide bonds. The van der Waals surface area contributed by atoms with Crippen molar-refractivity contribution in [2.75, 3.05) is 25.0 Å². The van der Waals surface area contributed by atoms with E-state index < -0.39 is 0 Å². The van der Waals surface area contributed by atoms with Crippen LogP contribution < -0.4 is 10.6 Å². The molecule has 0 saturated carbocycles. The predicted molar refractivity (Wildman–Crippen MR) is 119 cm³/mol. The lowest BCUT2D eigenvalue weighted by Crippen LogP contribution is -2.27. The zero-order valence-electron chi connectivity index (χ0n) is 16.5. The molecule has 7 nitrogen and oxygen atoms in total. The lowest BCUT2D eigenvalue weighted by Gasteiger charge is -2.15. The van der Waals surface area contributed by atoms with Crippen molar-refractivity contribution in [3.8, 4) is 6.07 Å². The first-order valence-corrected chi connectivity index (χ1v) is 10.8. The predicted octanol–water partition coefficient (Wildman–Crippen LogP) is 3.43. The Hall–Kier alpha value is -3.31. The van der Waals surface area contributed by atoms with Gasteiger partial charge in [-0.1, -0.05) is 42.1 Å². The van der Waals surface area contributed by atoms with Gasteiger partial charge in [0.2, 0.25) is 11.9 Å². The second kappa shape index (κ2) is 9.46. The van der Waals surface area contributed by atoms with E-state index in [2.05, 4.69) is 26.7 Å². The van der Waals surface area contributed by atoms with Crippen molar-refractivity contribution in [1.29, 1.82) is 5.26 Å². The molecule has 2 N–H and O–H groups in total. The molecule has 0 aliphatic carbocycles. The number of anilines is 1. The van der Waals surface area contributed by atoms with Crippen molar-refractivity contribution >= 4 is 34.9 Å². The van der Waals surface area contributed by atoms with E-state index in [9.17, 15) is 10.1 Å². The number of nitrogens with one attached hydrogen (secondary N) is 2. The van der Waals surface area contributed by atoms with Gasteiger partial charge in [0.05, 0.1) is 16.4 Å². The second-order valence-corrected chi connectivity index (χ2v) is 7.87. The fourth-order valence-corrected chi connectivity index (χ4v) is 4.26. The number of hydrogen-bond donors (Lipinski definition) is 2. The standard InChI is InChI=1S/C22H22N6OS/c23-14-17(21-26-19(15-30-21)16-6-2-1-3-7-16)18-9-11-25-22(27-18)24-10-5-13-28-12-4-8-20(28)29/h1-3,6-7,9,11,15,26H,4-5,8,10,12-13H2,(H,24,25,27). The van der Waals surface area contributed by atoms with Gasteiger partial charge >= 0.3 is 0 Å². The number of amides is 1. The highest BCUT2D eigenvalue weighted by atomic mass is 32.2. The molecule has 0 unspecified atom stereocenters. The molecule has 3 heterocycles. The first-order chi connectivity index (χ1) is 14.7. The molecule has 1 fully saturated rings. The number of carbonyl (C=O) groups is 1. The van der Waals surface area contributed by atoms with Gasteiger partial charge < -0.3 is 15.5 Å². The molecule has 0 atom stereocenters. The van der Waals surface area contributed by atoms with Gasteiger partial charge in [0.25, 0.3) is 0 Å². The molecule has 4 rings (SSSR count). The van der Waals surface area contributed by atoms with Crippen molar-refractivity contribution < 1.29 is 4.79 Å². The molecule has 0 spiro atoms. The van der Waals surface area contributed by atoms with E-state index in [0.717, 1.165) is 42.2 Å². The molecular weight excluding hydrogens is 396 g/mol. The number of allylic oxidation sites excluding steroid dienone is 1. The Bertz CT molecular complexity index is 1030. The molecule has 2 aliphatic rings. The maximum atomic E-state index is 11.7. The van der Waals surface area contributed by atoms with Crippen LogP contribution in [0.3, 0.4) is 0 Å². The van der Waals surface area contributed by atoms with E-state index >= 15 is 0 Å². The third-order valence-electron chi connectivity index (χ3n) is 4.94. The molecule has 0 bridgehead atoms. The number of likely N-dealkylation sites (tertiary alicyclic amines) is 1. The first kappa shape index (κ1) is 20.0. The summed E-state index contributed by atoms with van der Waals surface area (Å²) >= 11 is 1.48. The Labute approximate surface area is 179 Å². The number of nitrogens with zero attached hydrogens (tertiary/aromatic N) is 4. The summed E-state index contributed by atoms with van der Waals surface area (Å²) in [6, 6.07) is 14.0. The van der Waals surface area contributed by atoms with Crippen molar-refractivity contribution in [2.24, 2.45) is 0 Å². The third-order valence-corrected chi connectivity index (χ3v) is 5.83. The number of hydrogen-bond acceptors (Lipinski definition) is 7. The van der Waals surface area contributed by atoms with Crippen LogP contribution >= 0.6 is 11.8 Å². The van der Waals surface area contributed by atoms with Gasteiger partial charge in [-0.05, 0) is 24.5 Å². The number of carbonyl (C=O) groups excluding carboxylic acids is 1. The molecular formula is C22H22N6OS. The van der Waals surface area contributed by atoms with Crippen LogP contribution in [0.1, 0.15) is 30.5 Å². The summed E-state index contributed by atoms with van der Waals surface area (Å²) in [5.74, 6) is 0.719. The highest BCUT2D eigenvalue weighted by Crippen LogP contribution is 2.34. The highest BCUT2D eigenvalue weighted by molar-refractivity contribution is 8.06. The van der Waals surface area contributed by atoms with E-state index in [4.69, 9.17) is 0 Å². The summed E-state index contributed by atoms with van der Waals surface area (Å²) < 4.78 is 0. The van der Waals surface area contributed by atoms with Crippen LogP contribution in [0, 0.1) is 11.3 Å². The molecule has 0 radical (unpaired) electrons. The Balaban J connectivity index is 1.39. The average Bonchev–Trinajstić information content (AvgIpc) is 3.42. The van der Waals surface area contributed by atoms with Gasteiger partial charge in [0.1, 0.15) is 11.6 Å². The van der Waals surface area contributed by atoms with Crippen molar-refractivity contribution in [2.45, 2.75) is 19.3 Å². The zero-order chi connectivity index (χ0) is 20.8. The quantitative estimate of drug-likeness (QED) is 0.525. The smallest absolute Gasteiger partial charge is 0.223 e. The van der Waals surface area contributed by atoms with Gasteiger partial charge in [0.15, 0.2) is 0 Å². The highest BCUT2D eigenvalue weighted by Gasteiger charge is 2.20. The van der Waals surface area contributed by atoms with Crippen LogP contribution in [0.2, 0.25) is 0 Å². The maximum absolute atomic E-state index is 11.7. The van der Waals surface area contributed by atoms with E-state index in [1.54, 1.807) is 12.3 Å². The summed E-state index contributed by atoms with van der Waals surface area (Å²) in [5, 5.41) is 19.0. The minimum Gasteiger partial charge on any atom is -0.354 e. The van der Waals surface area contributed by atoms with E-state index in [1.807, 2.05) is 40.6 Å². The Morgan fingerprint density at radius 1 is 1.30 bits per heavy atom. The Morgan fingerprint density at radius 2 is 2.17 bits per heavy atom. The fourth-order valence-electron chi connectivity index (χ4n) is 3.40. The molecule has 2 aromatic rings. The van der Waals surface area contributed by atoms with Gasteiger partial charge in [-0.2, -0.15) is 5.26 Å². The number of nitriles is 1. The van der Waals surface area contributed by atoms with Gasteiger partial charge in [-0.3, -0.25) is 4.79 Å². The molecule has 8 heteroatoms. The van der Waals surface area contributed by atoms with Crippen LogP contribution in [-0.4, -0.2) is 40.4 Å². The van der Waals surface area contributed by atoms with Crippen LogP contribution in [0.5, 0.6) is 0 Å². The van der Waals surface area contributed by atoms with Crippen molar-refractivity contribution in [1.82, 2.24) is 20.2 Å². The maximum Gasteiger partial charge on any atom is 0.223 e. The first-order valence-electron chi connectivity index (χ1n) is 9.93. The summed E-state index contributed by atoms with van der Waals surface area (Å²) in [4.78, 5) is 22.3. The number of benzene rings is 1. The summed E-state index contributed by atoms with van der Waals surface area (Å²) in [6.45, 7) is 2.26. The lowest BCUT2D eigenvalue weighted by atomic mass is 10.1. The fraction of sp³-hybridized carbons (Fsp3) is 0.273. The largest absolute Gasteiger partial charge is 0.354 e. The SMILES string of the molecule is N#CC(=C1NC(c2ccccc2)=CS1)c1ccnc(NCCCN2CCCC2=O)n1.